The molecule has 136 valence electrons. The van der Waals surface area contributed by atoms with Crippen LogP contribution < -0.4 is 15.5 Å². The van der Waals surface area contributed by atoms with E-state index < -0.39 is 9.84 Å². The van der Waals surface area contributed by atoms with E-state index in [1.54, 1.807) is 7.05 Å². The molecule has 2 N–H and O–H groups in total. The van der Waals surface area contributed by atoms with Gasteiger partial charge in [-0.1, -0.05) is 17.7 Å². The monoisotopic (exact) mass is 466 g/mol. The second-order valence-electron chi connectivity index (χ2n) is 6.04. The molecule has 2 rings (SSSR count). The summed E-state index contributed by atoms with van der Waals surface area (Å²) in [5.74, 6) is 0.762. The molecule has 1 aromatic rings. The maximum atomic E-state index is 11.2. The van der Waals surface area contributed by atoms with Crippen LogP contribution in [0.5, 0.6) is 0 Å². The molecule has 0 aromatic heterocycles. The lowest BCUT2D eigenvalue weighted by atomic mass is 10.2. The van der Waals surface area contributed by atoms with Crippen molar-refractivity contribution in [2.75, 3.05) is 43.6 Å². The first-order valence-corrected chi connectivity index (χ1v) is 9.90. The third-order valence-electron chi connectivity index (χ3n) is 3.92. The molecule has 1 unspecified atom stereocenters. The Hall–Kier alpha value is -1.03. The van der Waals surface area contributed by atoms with Crippen LogP contribution in [0.2, 0.25) is 0 Å². The third-order valence-corrected chi connectivity index (χ3v) is 4.86. The average molecular weight is 466 g/mol. The van der Waals surface area contributed by atoms with Gasteiger partial charge < -0.3 is 15.5 Å². The Morgan fingerprint density at radius 2 is 2.00 bits per heavy atom. The van der Waals surface area contributed by atoms with E-state index in [4.69, 9.17) is 0 Å². The fourth-order valence-electron chi connectivity index (χ4n) is 2.61. The first-order valence-electron chi connectivity index (χ1n) is 7.84. The lowest BCUT2D eigenvalue weighted by molar-refractivity contribution is 0.599. The molecule has 1 heterocycles. The lowest BCUT2D eigenvalue weighted by Crippen LogP contribution is -2.45. The van der Waals surface area contributed by atoms with E-state index in [9.17, 15) is 8.42 Å². The summed E-state index contributed by atoms with van der Waals surface area (Å²) in [6.07, 6.45) is 2.27. The molecule has 0 radical (unpaired) electrons. The minimum absolute atomic E-state index is 0. The Morgan fingerprint density at radius 1 is 1.33 bits per heavy atom. The summed E-state index contributed by atoms with van der Waals surface area (Å²) in [5, 5.41) is 6.42. The van der Waals surface area contributed by atoms with Crippen molar-refractivity contribution in [2.45, 2.75) is 19.4 Å². The Morgan fingerprint density at radius 3 is 2.58 bits per heavy atom. The van der Waals surface area contributed by atoms with Crippen LogP contribution in [0, 0.1) is 6.92 Å². The van der Waals surface area contributed by atoms with E-state index in [-0.39, 0.29) is 29.7 Å². The highest BCUT2D eigenvalue weighted by Gasteiger charge is 2.23. The van der Waals surface area contributed by atoms with Crippen LogP contribution in [0.3, 0.4) is 0 Å². The number of aliphatic imine (C=N–C) groups is 1. The van der Waals surface area contributed by atoms with E-state index in [1.807, 2.05) is 0 Å². The number of sulfone groups is 1. The molecule has 1 atom stereocenters. The standard InChI is InChI=1S/C16H26N4O2S.HI/c1-13-4-6-15(7-5-13)20-10-8-14(12-20)19-16(17-2)18-9-11-23(3,21)22;/h4-7,14H,8-12H2,1-3H3,(H2,17,18,19);1H. The maximum absolute atomic E-state index is 11.2. The quantitative estimate of drug-likeness (QED) is 0.390. The van der Waals surface area contributed by atoms with Crippen molar-refractivity contribution in [1.29, 1.82) is 0 Å². The van der Waals surface area contributed by atoms with Gasteiger partial charge in [-0.25, -0.2) is 8.42 Å². The first kappa shape index (κ1) is 21.0. The van der Waals surface area contributed by atoms with E-state index in [0.29, 0.717) is 18.5 Å². The van der Waals surface area contributed by atoms with E-state index in [2.05, 4.69) is 51.7 Å². The molecule has 1 fully saturated rings. The van der Waals surface area contributed by atoms with Crippen LogP contribution in [-0.4, -0.2) is 59.1 Å². The largest absolute Gasteiger partial charge is 0.369 e. The van der Waals surface area contributed by atoms with Crippen LogP contribution in [0.4, 0.5) is 5.69 Å². The maximum Gasteiger partial charge on any atom is 0.191 e. The Labute approximate surface area is 162 Å². The summed E-state index contributed by atoms with van der Waals surface area (Å²) in [4.78, 5) is 6.51. The summed E-state index contributed by atoms with van der Waals surface area (Å²) in [5.41, 5.74) is 2.50. The lowest BCUT2D eigenvalue weighted by Gasteiger charge is -2.20. The average Bonchev–Trinajstić information content (AvgIpc) is 2.94. The molecule has 1 aliphatic rings. The smallest absolute Gasteiger partial charge is 0.191 e. The Bertz CT molecular complexity index is 647. The fraction of sp³-hybridized carbons (Fsp3) is 0.562. The second kappa shape index (κ2) is 9.45. The van der Waals surface area contributed by atoms with Gasteiger partial charge >= 0.3 is 0 Å². The number of aryl methyl sites for hydroxylation is 1. The van der Waals surface area contributed by atoms with Crippen molar-refractivity contribution in [2.24, 2.45) is 4.99 Å². The number of rotatable bonds is 5. The number of guanidine groups is 1. The van der Waals surface area contributed by atoms with Gasteiger partial charge in [0.05, 0.1) is 5.75 Å². The summed E-state index contributed by atoms with van der Waals surface area (Å²) in [6, 6.07) is 8.86. The Kier molecular flexibility index (Phi) is 8.28. The topological polar surface area (TPSA) is 73.8 Å². The number of hydrogen-bond donors (Lipinski definition) is 2. The van der Waals surface area contributed by atoms with Crippen molar-refractivity contribution >= 4 is 45.5 Å². The van der Waals surface area contributed by atoms with Gasteiger partial charge in [0.25, 0.3) is 0 Å². The summed E-state index contributed by atoms with van der Waals surface area (Å²) >= 11 is 0. The minimum atomic E-state index is -2.96. The van der Waals surface area contributed by atoms with Crippen LogP contribution in [0.15, 0.2) is 29.3 Å². The van der Waals surface area contributed by atoms with Gasteiger partial charge in [0, 0.05) is 44.7 Å². The predicted molar refractivity (Wildman–Crippen MR) is 111 cm³/mol. The highest BCUT2D eigenvalue weighted by Crippen LogP contribution is 2.20. The number of anilines is 1. The molecule has 6 nitrogen and oxygen atoms in total. The zero-order valence-electron chi connectivity index (χ0n) is 14.4. The molecule has 0 amide bonds. The molecule has 1 aromatic carbocycles. The van der Waals surface area contributed by atoms with Gasteiger partial charge in [0.15, 0.2) is 5.96 Å². The zero-order chi connectivity index (χ0) is 16.9. The van der Waals surface area contributed by atoms with Gasteiger partial charge in [-0.05, 0) is 25.5 Å². The highest BCUT2D eigenvalue weighted by atomic mass is 127. The number of benzene rings is 1. The number of nitrogens with zero attached hydrogens (tertiary/aromatic N) is 2. The molecule has 0 bridgehead atoms. The predicted octanol–water partition coefficient (Wildman–Crippen LogP) is 1.40. The van der Waals surface area contributed by atoms with Gasteiger partial charge in [0.2, 0.25) is 0 Å². The molecule has 0 spiro atoms. The first-order chi connectivity index (χ1) is 10.9. The van der Waals surface area contributed by atoms with Gasteiger partial charge in [-0.3, -0.25) is 4.99 Å². The van der Waals surface area contributed by atoms with Crippen molar-refractivity contribution in [3.8, 4) is 0 Å². The van der Waals surface area contributed by atoms with Crippen molar-refractivity contribution in [3.63, 3.8) is 0 Å². The second-order valence-corrected chi connectivity index (χ2v) is 8.30. The van der Waals surface area contributed by atoms with Crippen LogP contribution in [0.25, 0.3) is 0 Å². The zero-order valence-corrected chi connectivity index (χ0v) is 17.6. The molecule has 1 aliphatic heterocycles. The number of halogens is 1. The molecular formula is C16H27IN4O2S. The molecule has 8 heteroatoms. The van der Waals surface area contributed by atoms with Gasteiger partial charge in [-0.2, -0.15) is 0 Å². The molecule has 24 heavy (non-hydrogen) atoms. The highest BCUT2D eigenvalue weighted by molar-refractivity contribution is 14.0. The van der Waals surface area contributed by atoms with E-state index >= 15 is 0 Å². The van der Waals surface area contributed by atoms with Crippen LogP contribution in [0.1, 0.15) is 12.0 Å². The van der Waals surface area contributed by atoms with Crippen molar-refractivity contribution < 1.29 is 8.42 Å². The molecule has 0 saturated carbocycles. The van der Waals surface area contributed by atoms with Crippen LogP contribution in [-0.2, 0) is 9.84 Å². The van der Waals surface area contributed by atoms with Crippen molar-refractivity contribution in [1.82, 2.24) is 10.6 Å². The normalized spacial score (nSPS) is 18.2. The number of nitrogens with one attached hydrogen (secondary N) is 2. The van der Waals surface area contributed by atoms with Crippen molar-refractivity contribution in [3.05, 3.63) is 29.8 Å². The summed E-state index contributed by atoms with van der Waals surface area (Å²) in [7, 11) is -1.26. The number of hydrogen-bond acceptors (Lipinski definition) is 4. The molecular weight excluding hydrogens is 439 g/mol. The van der Waals surface area contributed by atoms with E-state index in [0.717, 1.165) is 19.5 Å². The summed E-state index contributed by atoms with van der Waals surface area (Å²) < 4.78 is 22.3. The van der Waals surface area contributed by atoms with Crippen LogP contribution >= 0.6 is 24.0 Å². The van der Waals surface area contributed by atoms with Gasteiger partial charge in [-0.15, -0.1) is 24.0 Å². The Balaban J connectivity index is 0.00000288. The van der Waals surface area contributed by atoms with Gasteiger partial charge in [0.1, 0.15) is 9.84 Å². The fourth-order valence-corrected chi connectivity index (χ4v) is 3.08. The molecule has 1 saturated heterocycles. The summed E-state index contributed by atoms with van der Waals surface area (Å²) in [6.45, 7) is 4.37. The minimum Gasteiger partial charge on any atom is -0.369 e. The van der Waals surface area contributed by atoms with E-state index in [1.165, 1.54) is 17.5 Å². The third kappa shape index (κ3) is 6.84. The SMILES string of the molecule is CN=C(NCCS(C)(=O)=O)NC1CCN(c2ccc(C)cc2)C1.I. The molecule has 0 aliphatic carbocycles.